The van der Waals surface area contributed by atoms with Gasteiger partial charge in [0.15, 0.2) is 0 Å². The second-order valence-corrected chi connectivity index (χ2v) is 4.60. The first-order valence-electron chi connectivity index (χ1n) is 5.33. The Balaban J connectivity index is 2.40. The smallest absolute Gasteiger partial charge is 0.141 e. The van der Waals surface area contributed by atoms with E-state index in [-0.39, 0.29) is 17.0 Å². The van der Waals surface area contributed by atoms with E-state index in [1.54, 1.807) is 12.1 Å². The van der Waals surface area contributed by atoms with Crippen molar-refractivity contribution >= 4 is 11.6 Å². The van der Waals surface area contributed by atoms with Crippen molar-refractivity contribution in [2.75, 3.05) is 6.54 Å². The number of aliphatic hydroxyl groups excluding tert-OH is 1. The molecule has 1 rings (SSSR count). The third kappa shape index (κ3) is 4.08. The number of hydrogen-bond donors (Lipinski definition) is 2. The Morgan fingerprint density at radius 1 is 1.44 bits per heavy atom. The van der Waals surface area contributed by atoms with E-state index in [1.165, 1.54) is 6.07 Å². The average Bonchev–Trinajstić information content (AvgIpc) is 2.23. The quantitative estimate of drug-likeness (QED) is 0.836. The molecule has 1 aromatic rings. The molecular weight excluding hydrogens is 229 g/mol. The summed E-state index contributed by atoms with van der Waals surface area (Å²) in [5.41, 5.74) is 0.905. The maximum absolute atomic E-state index is 12.9. The van der Waals surface area contributed by atoms with Gasteiger partial charge in [0.1, 0.15) is 5.82 Å². The molecule has 0 bridgehead atoms. The van der Waals surface area contributed by atoms with Gasteiger partial charge in [0.2, 0.25) is 0 Å². The maximum Gasteiger partial charge on any atom is 0.141 e. The lowest BCUT2D eigenvalue weighted by molar-refractivity contribution is 0.123. The SMILES string of the molecule is CC(C)C(O)CNCc1ccc(F)c(Cl)c1. The van der Waals surface area contributed by atoms with Gasteiger partial charge >= 0.3 is 0 Å². The molecule has 0 aliphatic rings. The molecule has 0 amide bonds. The highest BCUT2D eigenvalue weighted by Crippen LogP contribution is 2.15. The van der Waals surface area contributed by atoms with Crippen molar-refractivity contribution in [2.24, 2.45) is 5.92 Å². The van der Waals surface area contributed by atoms with Gasteiger partial charge in [-0.15, -0.1) is 0 Å². The number of halogens is 2. The fourth-order valence-electron chi connectivity index (χ4n) is 1.25. The van der Waals surface area contributed by atoms with E-state index in [2.05, 4.69) is 5.32 Å². The third-order valence-corrected chi connectivity index (χ3v) is 2.73. The summed E-state index contributed by atoms with van der Waals surface area (Å²) in [5.74, 6) is -0.183. The summed E-state index contributed by atoms with van der Waals surface area (Å²) in [6.07, 6.45) is -0.365. The summed E-state index contributed by atoms with van der Waals surface area (Å²) < 4.78 is 12.9. The van der Waals surface area contributed by atoms with E-state index in [0.29, 0.717) is 13.1 Å². The zero-order chi connectivity index (χ0) is 12.1. The Hall–Kier alpha value is -0.640. The number of aliphatic hydroxyl groups is 1. The van der Waals surface area contributed by atoms with Crippen molar-refractivity contribution in [2.45, 2.75) is 26.5 Å². The normalized spacial score (nSPS) is 13.1. The van der Waals surface area contributed by atoms with Crippen LogP contribution in [0.3, 0.4) is 0 Å². The fraction of sp³-hybridized carbons (Fsp3) is 0.500. The van der Waals surface area contributed by atoms with Gasteiger partial charge < -0.3 is 10.4 Å². The number of rotatable bonds is 5. The van der Waals surface area contributed by atoms with Gasteiger partial charge in [0, 0.05) is 13.1 Å². The molecule has 0 heterocycles. The molecule has 4 heteroatoms. The first-order valence-corrected chi connectivity index (χ1v) is 5.71. The lowest BCUT2D eigenvalue weighted by Crippen LogP contribution is -2.30. The zero-order valence-electron chi connectivity index (χ0n) is 9.50. The summed E-state index contributed by atoms with van der Waals surface area (Å²) in [5, 5.41) is 12.8. The molecule has 0 spiro atoms. The van der Waals surface area contributed by atoms with Crippen molar-refractivity contribution < 1.29 is 9.50 Å². The van der Waals surface area contributed by atoms with E-state index in [1.807, 2.05) is 13.8 Å². The molecule has 0 saturated heterocycles. The molecule has 0 aliphatic heterocycles. The van der Waals surface area contributed by atoms with Gasteiger partial charge in [-0.3, -0.25) is 0 Å². The van der Waals surface area contributed by atoms with Crippen LogP contribution in [0.5, 0.6) is 0 Å². The van der Waals surface area contributed by atoms with Gasteiger partial charge in [-0.2, -0.15) is 0 Å². The lowest BCUT2D eigenvalue weighted by atomic mass is 10.1. The topological polar surface area (TPSA) is 32.3 Å². The third-order valence-electron chi connectivity index (χ3n) is 2.44. The van der Waals surface area contributed by atoms with Gasteiger partial charge in [-0.25, -0.2) is 4.39 Å². The molecule has 2 N–H and O–H groups in total. The van der Waals surface area contributed by atoms with Crippen LogP contribution in [-0.4, -0.2) is 17.8 Å². The summed E-state index contributed by atoms with van der Waals surface area (Å²) in [4.78, 5) is 0. The Kier molecular flexibility index (Phi) is 5.19. The largest absolute Gasteiger partial charge is 0.392 e. The minimum Gasteiger partial charge on any atom is -0.392 e. The minimum atomic E-state index is -0.410. The van der Waals surface area contributed by atoms with Crippen LogP contribution in [0, 0.1) is 11.7 Å². The van der Waals surface area contributed by atoms with Crippen molar-refractivity contribution in [3.05, 3.63) is 34.6 Å². The molecule has 0 aliphatic carbocycles. The summed E-state index contributed by atoms with van der Waals surface area (Å²) in [6.45, 7) is 5.01. The molecule has 0 aromatic heterocycles. The minimum absolute atomic E-state index is 0.128. The molecule has 1 unspecified atom stereocenters. The maximum atomic E-state index is 12.9. The highest BCUT2D eigenvalue weighted by atomic mass is 35.5. The summed E-state index contributed by atoms with van der Waals surface area (Å²) >= 11 is 5.65. The van der Waals surface area contributed by atoms with Crippen LogP contribution in [0.1, 0.15) is 19.4 Å². The predicted molar refractivity (Wildman–Crippen MR) is 64.0 cm³/mol. The molecule has 1 aromatic carbocycles. The Morgan fingerprint density at radius 2 is 2.12 bits per heavy atom. The van der Waals surface area contributed by atoms with Gasteiger partial charge in [-0.1, -0.05) is 31.5 Å². The Bertz CT molecular complexity index is 344. The van der Waals surface area contributed by atoms with Gasteiger partial charge in [0.05, 0.1) is 11.1 Å². The average molecular weight is 246 g/mol. The lowest BCUT2D eigenvalue weighted by Gasteiger charge is -2.15. The van der Waals surface area contributed by atoms with Crippen molar-refractivity contribution in [3.8, 4) is 0 Å². The number of hydrogen-bond acceptors (Lipinski definition) is 2. The Morgan fingerprint density at radius 3 is 2.69 bits per heavy atom. The standard InChI is InChI=1S/C12H17ClFNO/c1-8(2)12(16)7-15-6-9-3-4-11(14)10(13)5-9/h3-5,8,12,15-16H,6-7H2,1-2H3. The summed E-state index contributed by atoms with van der Waals surface area (Å²) in [7, 11) is 0. The van der Waals surface area contributed by atoms with Crippen LogP contribution in [0.2, 0.25) is 5.02 Å². The van der Waals surface area contributed by atoms with Crippen LogP contribution in [-0.2, 0) is 6.54 Å². The number of nitrogens with one attached hydrogen (secondary N) is 1. The Labute approximate surface area is 100 Å². The van der Waals surface area contributed by atoms with Crippen molar-refractivity contribution in [1.29, 1.82) is 0 Å². The zero-order valence-corrected chi connectivity index (χ0v) is 10.3. The molecule has 0 fully saturated rings. The monoisotopic (exact) mass is 245 g/mol. The van der Waals surface area contributed by atoms with E-state index in [0.717, 1.165) is 5.56 Å². The van der Waals surface area contributed by atoms with E-state index in [9.17, 15) is 9.50 Å². The first-order chi connectivity index (χ1) is 7.50. The molecular formula is C12H17ClFNO. The van der Waals surface area contributed by atoms with Crippen molar-refractivity contribution in [1.82, 2.24) is 5.32 Å². The highest BCUT2D eigenvalue weighted by Gasteiger charge is 2.08. The molecule has 1 atom stereocenters. The van der Waals surface area contributed by atoms with E-state index >= 15 is 0 Å². The fourth-order valence-corrected chi connectivity index (χ4v) is 1.45. The molecule has 0 radical (unpaired) electrons. The van der Waals surface area contributed by atoms with Crippen LogP contribution in [0.25, 0.3) is 0 Å². The molecule has 2 nitrogen and oxygen atoms in total. The van der Waals surface area contributed by atoms with E-state index in [4.69, 9.17) is 11.6 Å². The molecule has 16 heavy (non-hydrogen) atoms. The first kappa shape index (κ1) is 13.4. The van der Waals surface area contributed by atoms with Gasteiger partial charge in [0.25, 0.3) is 0 Å². The second-order valence-electron chi connectivity index (χ2n) is 4.19. The van der Waals surface area contributed by atoms with Crippen LogP contribution in [0.4, 0.5) is 4.39 Å². The van der Waals surface area contributed by atoms with Crippen LogP contribution < -0.4 is 5.32 Å². The van der Waals surface area contributed by atoms with E-state index < -0.39 is 5.82 Å². The number of benzene rings is 1. The van der Waals surface area contributed by atoms with Crippen LogP contribution in [0.15, 0.2) is 18.2 Å². The molecule has 90 valence electrons. The van der Waals surface area contributed by atoms with Gasteiger partial charge in [-0.05, 0) is 23.6 Å². The molecule has 0 saturated carbocycles. The second kappa shape index (κ2) is 6.18. The summed E-state index contributed by atoms with van der Waals surface area (Å²) in [6, 6.07) is 4.61. The predicted octanol–water partition coefficient (Wildman–Crippen LogP) is 2.59. The highest BCUT2D eigenvalue weighted by molar-refractivity contribution is 6.30. The van der Waals surface area contributed by atoms with Crippen molar-refractivity contribution in [3.63, 3.8) is 0 Å². The van der Waals surface area contributed by atoms with Crippen LogP contribution >= 0.6 is 11.6 Å².